The first-order valence-corrected chi connectivity index (χ1v) is 17.8. The molecule has 0 radical (unpaired) electrons. The van der Waals surface area contributed by atoms with Gasteiger partial charge in [-0.2, -0.15) is 4.57 Å². The Morgan fingerprint density at radius 1 is 0.686 bits per heavy atom. The first-order chi connectivity index (χ1) is 25.9. The van der Waals surface area contributed by atoms with Crippen LogP contribution in [0.2, 0.25) is 0 Å². The molecular weight excluding hydrogens is 623 g/mol. The van der Waals surface area contributed by atoms with Crippen molar-refractivity contribution in [2.24, 2.45) is 7.05 Å². The van der Waals surface area contributed by atoms with E-state index >= 15 is 0 Å². The molecule has 3 heterocycles. The van der Waals surface area contributed by atoms with E-state index < -0.39 is 6.85 Å². The minimum absolute atomic E-state index is 0.106. The second-order valence-electron chi connectivity index (χ2n) is 14.5. The summed E-state index contributed by atoms with van der Waals surface area (Å²) in [5.41, 5.74) is 12.8. The molecule has 0 spiro atoms. The van der Waals surface area contributed by atoms with Crippen molar-refractivity contribution >= 4 is 54.6 Å². The normalized spacial score (nSPS) is 13.3. The largest absolute Gasteiger partial charge is 0.454 e. The molecule has 0 atom stereocenters. The zero-order valence-electron chi connectivity index (χ0n) is 32.9. The summed E-state index contributed by atoms with van der Waals surface area (Å²) in [6.45, 7) is 8.95. The predicted octanol–water partition coefficient (Wildman–Crippen LogP) is 12.3. The lowest BCUT2D eigenvalue weighted by atomic mass is 9.88. The molecule has 4 heteroatoms. The SMILES string of the molecule is [2H]C([2H])([2H])c1nc2ccc3c4ccc(C)c(-c5n(-c6c(C(C)C)cc(-c7ccccc7)cc6C(C)C)c6ccccc6[n+]5C)c4oc3c2c2ccccc12. The molecule has 0 saturated carbocycles. The molecule has 0 fully saturated rings. The number of nitrogens with zero attached hydrogens (tertiary/aromatic N) is 3. The van der Waals surface area contributed by atoms with Gasteiger partial charge in [0.1, 0.15) is 16.8 Å². The minimum atomic E-state index is -2.36. The molecule has 0 bridgehead atoms. The van der Waals surface area contributed by atoms with Crippen molar-refractivity contribution in [1.29, 1.82) is 0 Å². The summed E-state index contributed by atoms with van der Waals surface area (Å²) in [4.78, 5) is 4.74. The number of imidazole rings is 1. The lowest BCUT2D eigenvalue weighted by Gasteiger charge is -2.21. The molecule has 3 aromatic heterocycles. The maximum atomic E-state index is 8.27. The summed E-state index contributed by atoms with van der Waals surface area (Å²) >= 11 is 0. The second kappa shape index (κ2) is 11.7. The Balaban J connectivity index is 1.42. The van der Waals surface area contributed by atoms with E-state index in [9.17, 15) is 0 Å². The van der Waals surface area contributed by atoms with Gasteiger partial charge in [-0.05, 0) is 84.1 Å². The summed E-state index contributed by atoms with van der Waals surface area (Å²) in [6, 6.07) is 40.0. The molecule has 0 aliphatic rings. The van der Waals surface area contributed by atoms with Gasteiger partial charge >= 0.3 is 0 Å². The van der Waals surface area contributed by atoms with Crippen LogP contribution >= 0.6 is 0 Å². The molecule has 6 aromatic carbocycles. The van der Waals surface area contributed by atoms with Gasteiger partial charge in [0.15, 0.2) is 16.6 Å². The number of fused-ring (bicyclic) bond motifs is 8. The van der Waals surface area contributed by atoms with Crippen LogP contribution in [0.5, 0.6) is 0 Å². The van der Waals surface area contributed by atoms with Gasteiger partial charge in [0.05, 0.1) is 18.0 Å². The fraction of sp³-hybridized carbons (Fsp3) is 0.191. The van der Waals surface area contributed by atoms with Gasteiger partial charge in [0.25, 0.3) is 5.82 Å². The molecule has 0 N–H and O–H groups in total. The monoisotopic (exact) mass is 667 g/mol. The number of hydrogen-bond donors (Lipinski definition) is 0. The van der Waals surface area contributed by atoms with E-state index in [2.05, 4.69) is 130 Å². The van der Waals surface area contributed by atoms with Crippen LogP contribution in [0.1, 0.15) is 66.0 Å². The van der Waals surface area contributed by atoms with Gasteiger partial charge in [-0.15, -0.1) is 0 Å². The standard InChI is InChI=1S/C47H42N3O/c1-27(2)37-25-32(31-15-9-8-10-16-31)26-38(28(3)4)44(37)50-41-20-14-13-19-40(41)49(7)47(50)42-29(5)21-22-35-36-23-24-39-43(46(36)51-45(35)42)34-18-12-11-17-33(34)30(6)48-39/h8-28H,1-7H3/q+1/i6D3. The fourth-order valence-electron chi connectivity index (χ4n) is 8.15. The molecular formula is C47H42N3O+. The Morgan fingerprint density at radius 3 is 2.06 bits per heavy atom. The van der Waals surface area contributed by atoms with Crippen molar-refractivity contribution in [2.75, 3.05) is 0 Å². The molecule has 4 nitrogen and oxygen atoms in total. The van der Waals surface area contributed by atoms with E-state index in [-0.39, 0.29) is 17.5 Å². The van der Waals surface area contributed by atoms with Gasteiger partial charge in [-0.25, -0.2) is 4.57 Å². The Labute approximate surface area is 302 Å². The third kappa shape index (κ3) is 4.66. The van der Waals surface area contributed by atoms with Crippen LogP contribution in [0.25, 0.3) is 82.8 Å². The fourth-order valence-corrected chi connectivity index (χ4v) is 8.15. The maximum absolute atomic E-state index is 8.27. The van der Waals surface area contributed by atoms with Crippen molar-refractivity contribution < 1.29 is 13.1 Å². The van der Waals surface area contributed by atoms with Gasteiger partial charge in [-0.3, -0.25) is 4.98 Å². The molecule has 0 amide bonds. The third-order valence-corrected chi connectivity index (χ3v) is 10.7. The average Bonchev–Trinajstić information content (AvgIpc) is 3.68. The third-order valence-electron chi connectivity index (χ3n) is 10.7. The van der Waals surface area contributed by atoms with Gasteiger partial charge in [-0.1, -0.05) is 107 Å². The number of furan rings is 1. The molecule has 0 aliphatic carbocycles. The van der Waals surface area contributed by atoms with Crippen LogP contribution < -0.4 is 4.57 Å². The topological polar surface area (TPSA) is 34.8 Å². The van der Waals surface area contributed by atoms with Crippen LogP contribution in [-0.4, -0.2) is 9.55 Å². The van der Waals surface area contributed by atoms with Gasteiger partial charge < -0.3 is 4.42 Å². The number of rotatable bonds is 5. The first kappa shape index (κ1) is 28.0. The molecule has 0 saturated heterocycles. The molecule has 0 aliphatic heterocycles. The maximum Gasteiger partial charge on any atom is 0.299 e. The van der Waals surface area contributed by atoms with Crippen molar-refractivity contribution in [3.05, 3.63) is 138 Å². The van der Waals surface area contributed by atoms with E-state index in [0.717, 1.165) is 55.1 Å². The summed E-state index contributed by atoms with van der Waals surface area (Å²) in [7, 11) is 2.15. The van der Waals surface area contributed by atoms with Crippen LogP contribution in [0.15, 0.2) is 120 Å². The smallest absolute Gasteiger partial charge is 0.299 e. The Hall–Kier alpha value is -5.74. The Bertz CT molecular complexity index is 2920. The molecule has 9 aromatic rings. The van der Waals surface area contributed by atoms with Crippen LogP contribution in [-0.2, 0) is 7.05 Å². The highest BCUT2D eigenvalue weighted by Gasteiger charge is 2.34. The number of aryl methyl sites for hydroxylation is 3. The summed E-state index contributed by atoms with van der Waals surface area (Å²) < 4.78 is 36.7. The highest BCUT2D eigenvalue weighted by atomic mass is 16.3. The highest BCUT2D eigenvalue weighted by molar-refractivity contribution is 6.23. The summed E-state index contributed by atoms with van der Waals surface area (Å²) in [6.07, 6.45) is 0. The quantitative estimate of drug-likeness (QED) is 0.135. The van der Waals surface area contributed by atoms with Gasteiger partial charge in [0, 0.05) is 37.1 Å². The Morgan fingerprint density at radius 2 is 1.33 bits per heavy atom. The lowest BCUT2D eigenvalue weighted by Crippen LogP contribution is -2.30. The molecule has 250 valence electrons. The van der Waals surface area contributed by atoms with Crippen LogP contribution in [0.3, 0.4) is 0 Å². The summed E-state index contributed by atoms with van der Waals surface area (Å²) in [5.74, 6) is 1.53. The molecule has 51 heavy (non-hydrogen) atoms. The molecule has 9 rings (SSSR count). The highest BCUT2D eigenvalue weighted by Crippen LogP contribution is 2.44. The van der Waals surface area contributed by atoms with E-state index in [4.69, 9.17) is 13.5 Å². The van der Waals surface area contributed by atoms with Crippen molar-refractivity contribution in [3.63, 3.8) is 0 Å². The molecule has 0 unspecified atom stereocenters. The second-order valence-corrected chi connectivity index (χ2v) is 14.5. The van der Waals surface area contributed by atoms with E-state index in [1.54, 1.807) is 0 Å². The van der Waals surface area contributed by atoms with E-state index in [0.29, 0.717) is 16.5 Å². The first-order valence-electron chi connectivity index (χ1n) is 19.3. The zero-order chi connectivity index (χ0) is 37.6. The number of para-hydroxylation sites is 2. The lowest BCUT2D eigenvalue weighted by molar-refractivity contribution is -0.633. The average molecular weight is 668 g/mol. The Kier molecular flexibility index (Phi) is 6.41. The predicted molar refractivity (Wildman–Crippen MR) is 213 cm³/mol. The van der Waals surface area contributed by atoms with Crippen molar-refractivity contribution in [3.8, 4) is 28.2 Å². The number of pyridine rings is 1. The summed E-state index contributed by atoms with van der Waals surface area (Å²) in [5, 5.41) is 4.22. The van der Waals surface area contributed by atoms with Crippen molar-refractivity contribution in [1.82, 2.24) is 9.55 Å². The number of benzene rings is 6. The van der Waals surface area contributed by atoms with Crippen LogP contribution in [0.4, 0.5) is 0 Å². The van der Waals surface area contributed by atoms with Gasteiger partial charge in [0.2, 0.25) is 0 Å². The minimum Gasteiger partial charge on any atom is -0.454 e. The van der Waals surface area contributed by atoms with E-state index in [1.165, 1.54) is 27.9 Å². The van der Waals surface area contributed by atoms with Crippen molar-refractivity contribution in [2.45, 2.75) is 53.3 Å². The zero-order valence-corrected chi connectivity index (χ0v) is 29.9. The number of hydrogen-bond acceptors (Lipinski definition) is 2. The van der Waals surface area contributed by atoms with Crippen LogP contribution in [0, 0.1) is 13.8 Å². The number of aromatic nitrogens is 3. The van der Waals surface area contributed by atoms with E-state index in [1.807, 2.05) is 36.4 Å².